The van der Waals surface area contributed by atoms with Crippen molar-refractivity contribution >= 4 is 41.6 Å². The van der Waals surface area contributed by atoms with Gasteiger partial charge in [-0.2, -0.15) is 15.0 Å². The summed E-state index contributed by atoms with van der Waals surface area (Å²) < 4.78 is 19.7. The summed E-state index contributed by atoms with van der Waals surface area (Å²) in [6.45, 7) is 11.6. The molecule has 2 fully saturated rings. The molecule has 11 N–H and O–H groups in total. The summed E-state index contributed by atoms with van der Waals surface area (Å²) in [5.41, 5.74) is 23.4. The van der Waals surface area contributed by atoms with E-state index in [0.717, 1.165) is 24.2 Å². The standard InChI is InChI=1S/C38H62N20O5/c1-4-20-61-22-24-63-25-23-62-21-11-45-36-46-37(55-16-12-53(13-17-55)32(59)28(2)57-26-30(49-51-57)7-5-9-43-34(39)40)48-38(47-36)56-18-14-54(15-19-56)33(60)29(3)58-27-31(50-52-58)8-6-10-44-35(41)42/h1,26-29H,5-25H2,2-3H3,(H4,39,40,43)(H4,41,42,44)(H,45,46,47,48)/p+2/t28-,29-/m0/s1. The highest BCUT2D eigenvalue weighted by atomic mass is 16.5. The van der Waals surface area contributed by atoms with Crippen LogP contribution in [0.4, 0.5) is 17.8 Å². The number of ether oxygens (including phenoxy) is 3. The average Bonchev–Trinajstić information content (AvgIpc) is 3.98. The monoisotopic (exact) mass is 881 g/mol. The molecule has 5 heterocycles. The molecule has 2 atom stereocenters. The lowest BCUT2D eigenvalue weighted by Gasteiger charge is -2.37. The number of nitrogens with two attached hydrogens (primary N) is 4. The molecule has 5 rings (SSSR count). The smallest absolute Gasteiger partial charge is 0.338 e. The molecule has 2 saturated heterocycles. The van der Waals surface area contributed by atoms with Crippen LogP contribution in [0.3, 0.4) is 0 Å². The molecule has 344 valence electrons. The van der Waals surface area contributed by atoms with Crippen LogP contribution < -0.4 is 48.0 Å². The van der Waals surface area contributed by atoms with Crippen LogP contribution in [-0.4, -0.2) is 190 Å². The van der Waals surface area contributed by atoms with E-state index in [-0.39, 0.29) is 30.3 Å². The molecular weight excluding hydrogens is 817 g/mol. The zero-order valence-electron chi connectivity index (χ0n) is 36.4. The molecule has 0 saturated carbocycles. The molecule has 0 spiro atoms. The first-order chi connectivity index (χ1) is 30.5. The average molecular weight is 881 g/mol. The Morgan fingerprint density at radius 1 is 0.698 bits per heavy atom. The van der Waals surface area contributed by atoms with Crippen molar-refractivity contribution in [3.63, 3.8) is 0 Å². The number of aromatic nitrogens is 9. The molecule has 25 heteroatoms. The first kappa shape index (κ1) is 47.7. The maximum absolute atomic E-state index is 13.6. The molecule has 3 aromatic heterocycles. The maximum atomic E-state index is 13.6. The van der Waals surface area contributed by atoms with E-state index < -0.39 is 12.1 Å². The van der Waals surface area contributed by atoms with Gasteiger partial charge >= 0.3 is 11.9 Å². The van der Waals surface area contributed by atoms with E-state index in [1.165, 1.54) is 0 Å². The van der Waals surface area contributed by atoms with Gasteiger partial charge in [0, 0.05) is 71.3 Å². The van der Waals surface area contributed by atoms with E-state index in [1.807, 2.05) is 23.6 Å². The zero-order valence-corrected chi connectivity index (χ0v) is 36.4. The molecule has 0 unspecified atom stereocenters. The van der Waals surface area contributed by atoms with Gasteiger partial charge in [-0.3, -0.25) is 42.5 Å². The lowest BCUT2D eigenvalue weighted by atomic mass is 10.2. The van der Waals surface area contributed by atoms with E-state index in [2.05, 4.69) is 51.6 Å². The Bertz CT molecular complexity index is 1860. The van der Waals surface area contributed by atoms with Gasteiger partial charge in [0.15, 0.2) is 0 Å². The van der Waals surface area contributed by atoms with Crippen LogP contribution in [0.1, 0.15) is 50.2 Å². The Kier molecular flexibility index (Phi) is 18.8. The van der Waals surface area contributed by atoms with Crippen LogP contribution in [0.15, 0.2) is 12.4 Å². The van der Waals surface area contributed by atoms with Crippen molar-refractivity contribution in [3.05, 3.63) is 23.8 Å². The topological polar surface area (TPSA) is 319 Å². The summed E-state index contributed by atoms with van der Waals surface area (Å²) in [6, 6.07) is -1.05. The fourth-order valence-electron chi connectivity index (χ4n) is 6.77. The fourth-order valence-corrected chi connectivity index (χ4v) is 6.77. The number of aryl methyl sites for hydroxylation is 2. The van der Waals surface area contributed by atoms with Gasteiger partial charge in [0.1, 0.15) is 18.7 Å². The number of terminal acetylenes is 1. The summed E-state index contributed by atoms with van der Waals surface area (Å²) in [6.07, 6.45) is 11.7. The van der Waals surface area contributed by atoms with E-state index in [4.69, 9.17) is 58.5 Å². The van der Waals surface area contributed by atoms with Gasteiger partial charge in [-0.25, -0.2) is 9.36 Å². The number of nitrogens with one attached hydrogen (secondary N) is 3. The number of rotatable bonds is 25. The molecule has 0 aliphatic carbocycles. The highest BCUT2D eigenvalue weighted by Crippen LogP contribution is 2.22. The van der Waals surface area contributed by atoms with Crippen LogP contribution in [0.25, 0.3) is 0 Å². The summed E-state index contributed by atoms with van der Waals surface area (Å²) >= 11 is 0. The molecule has 0 aromatic carbocycles. The molecule has 25 nitrogen and oxygen atoms in total. The van der Waals surface area contributed by atoms with Crippen LogP contribution in [0, 0.1) is 12.3 Å². The van der Waals surface area contributed by atoms with Gasteiger partial charge in [0.25, 0.3) is 0 Å². The van der Waals surface area contributed by atoms with Gasteiger partial charge in [-0.05, 0) is 39.5 Å². The molecule has 2 aliphatic heterocycles. The summed E-state index contributed by atoms with van der Waals surface area (Å²) in [5.74, 6) is 4.04. The van der Waals surface area contributed by atoms with E-state index in [1.54, 1.807) is 21.8 Å². The van der Waals surface area contributed by atoms with Crippen LogP contribution in [0.2, 0.25) is 0 Å². The van der Waals surface area contributed by atoms with E-state index >= 15 is 0 Å². The number of hydrogen-bond donors (Lipinski definition) is 7. The molecule has 0 radical (unpaired) electrons. The molecule has 3 aromatic rings. The number of anilines is 3. The van der Waals surface area contributed by atoms with E-state index in [9.17, 15) is 9.59 Å². The predicted molar refractivity (Wildman–Crippen MR) is 232 cm³/mol. The van der Waals surface area contributed by atoms with Gasteiger partial charge in [-0.15, -0.1) is 16.6 Å². The number of carbonyl (C=O) groups excluding carboxylic acids is 2. The highest BCUT2D eigenvalue weighted by Gasteiger charge is 2.31. The Morgan fingerprint density at radius 2 is 1.14 bits per heavy atom. The SMILES string of the molecule is C#CCOCCOCCOCCNc1nc(N2CCN(C(=O)[C@H](C)n3cc(CCC[NH+]=C(N)N)nn3)CC2)nc(N2CCN(C(=O)[C@H](C)n3cc(CCC[NH+]=C(N)N)nn3)CC2)n1. The highest BCUT2D eigenvalue weighted by molar-refractivity contribution is 5.81. The minimum atomic E-state index is -0.526. The lowest BCUT2D eigenvalue weighted by molar-refractivity contribution is -0.460. The molecule has 2 aliphatic rings. The molecule has 63 heavy (non-hydrogen) atoms. The number of amides is 2. The first-order valence-corrected chi connectivity index (χ1v) is 21.3. The summed E-state index contributed by atoms with van der Waals surface area (Å²) in [7, 11) is 0. The third kappa shape index (κ3) is 15.2. The second-order valence-electron chi connectivity index (χ2n) is 15.0. The zero-order chi connectivity index (χ0) is 45.0. The second-order valence-corrected chi connectivity index (χ2v) is 15.0. The Morgan fingerprint density at radius 3 is 1.59 bits per heavy atom. The minimum absolute atomic E-state index is 0.0497. The van der Waals surface area contributed by atoms with Crippen molar-refractivity contribution < 1.29 is 33.8 Å². The normalized spacial score (nSPS) is 15.1. The van der Waals surface area contributed by atoms with Crippen molar-refractivity contribution in [1.29, 1.82) is 0 Å². The number of guanidine groups is 2. The number of hydrogen-bond acceptors (Lipinski definition) is 15. The van der Waals surface area contributed by atoms with Crippen LogP contribution >= 0.6 is 0 Å². The van der Waals surface area contributed by atoms with E-state index in [0.29, 0.717) is 136 Å². The third-order valence-electron chi connectivity index (χ3n) is 10.3. The van der Waals surface area contributed by atoms with Crippen molar-refractivity contribution in [3.8, 4) is 12.3 Å². The van der Waals surface area contributed by atoms with Gasteiger partial charge in [0.05, 0.1) is 57.5 Å². The maximum Gasteiger partial charge on any atom is 0.338 e. The van der Waals surface area contributed by atoms with Crippen molar-refractivity contribution in [2.24, 2.45) is 22.9 Å². The number of carbonyl (C=O) groups is 2. The molecule has 0 bridgehead atoms. The van der Waals surface area contributed by atoms with Crippen molar-refractivity contribution in [1.82, 2.24) is 54.7 Å². The largest absolute Gasteiger partial charge is 0.377 e. The minimum Gasteiger partial charge on any atom is -0.377 e. The summed E-state index contributed by atoms with van der Waals surface area (Å²) in [5, 5.41) is 20.2. The number of piperazine rings is 2. The third-order valence-corrected chi connectivity index (χ3v) is 10.3. The Labute approximate surface area is 366 Å². The molecular formula is C38H64N20O5+2. The van der Waals surface area contributed by atoms with Gasteiger partial charge in [-0.1, -0.05) is 16.3 Å². The van der Waals surface area contributed by atoms with Gasteiger partial charge < -0.3 is 39.1 Å². The van der Waals surface area contributed by atoms with Gasteiger partial charge in [0.2, 0.25) is 29.7 Å². The summed E-state index contributed by atoms with van der Waals surface area (Å²) in [4.78, 5) is 55.2. The predicted octanol–water partition coefficient (Wildman–Crippen LogP) is -6.46. The van der Waals surface area contributed by atoms with Crippen LogP contribution in [0.5, 0.6) is 0 Å². The quantitative estimate of drug-likeness (QED) is 0.0180. The van der Waals surface area contributed by atoms with Crippen LogP contribution in [-0.2, 0) is 36.6 Å². The lowest BCUT2D eigenvalue weighted by Crippen LogP contribution is -2.78. The van der Waals surface area contributed by atoms with Crippen molar-refractivity contribution in [2.75, 3.05) is 127 Å². The number of nitrogens with zero attached hydrogens (tertiary/aromatic N) is 13. The van der Waals surface area contributed by atoms with Crippen molar-refractivity contribution in [2.45, 2.75) is 51.6 Å². The Balaban J connectivity index is 1.16. The second kappa shape index (κ2) is 24.9. The Hall–Kier alpha value is -6.39. The first-order valence-electron chi connectivity index (χ1n) is 21.3. The molecule has 2 amide bonds. The fraction of sp³-hybridized carbons (Fsp3) is 0.658.